The van der Waals surface area contributed by atoms with Crippen molar-refractivity contribution >= 4 is 43.3 Å². The van der Waals surface area contributed by atoms with Crippen LogP contribution in [0.5, 0.6) is 0 Å². The monoisotopic (exact) mass is 512 g/mol. The number of carbonyl (C=O) groups is 2. The maximum absolute atomic E-state index is 13.0. The summed E-state index contributed by atoms with van der Waals surface area (Å²) in [4.78, 5) is 26.7. The van der Waals surface area contributed by atoms with Gasteiger partial charge in [-0.15, -0.1) is 0 Å². The lowest BCUT2D eigenvalue weighted by Gasteiger charge is -2.18. The van der Waals surface area contributed by atoms with E-state index in [9.17, 15) is 18.0 Å². The minimum atomic E-state index is -3.67. The van der Waals surface area contributed by atoms with Gasteiger partial charge in [-0.3, -0.25) is 9.59 Å². The number of benzene rings is 1. The smallest absolute Gasteiger partial charge is 0.230 e. The van der Waals surface area contributed by atoms with E-state index in [1.807, 2.05) is 6.07 Å². The number of rotatable bonds is 11. The van der Waals surface area contributed by atoms with E-state index >= 15 is 0 Å². The van der Waals surface area contributed by atoms with Gasteiger partial charge in [0.15, 0.2) is 9.84 Å². The van der Waals surface area contributed by atoms with Crippen molar-refractivity contribution < 1.29 is 18.0 Å². The van der Waals surface area contributed by atoms with E-state index in [-0.39, 0.29) is 34.8 Å². The molecule has 1 aliphatic heterocycles. The van der Waals surface area contributed by atoms with Crippen LogP contribution in [0.1, 0.15) is 64.4 Å². The maximum atomic E-state index is 13.0. The fourth-order valence-electron chi connectivity index (χ4n) is 4.03. The zero-order chi connectivity index (χ0) is 22.6. The molecule has 1 heterocycles. The first-order valence-corrected chi connectivity index (χ1v) is 13.8. The van der Waals surface area contributed by atoms with Crippen molar-refractivity contribution in [2.24, 2.45) is 11.8 Å². The molecule has 0 spiro atoms. The van der Waals surface area contributed by atoms with E-state index in [0.29, 0.717) is 29.2 Å². The van der Waals surface area contributed by atoms with Gasteiger partial charge >= 0.3 is 0 Å². The zero-order valence-corrected chi connectivity index (χ0v) is 20.9. The minimum Gasteiger partial charge on any atom is -0.356 e. The Kier molecular flexibility index (Phi) is 8.19. The third kappa shape index (κ3) is 6.09. The van der Waals surface area contributed by atoms with Gasteiger partial charge in [0.05, 0.1) is 10.6 Å². The van der Waals surface area contributed by atoms with E-state index in [1.54, 1.807) is 11.0 Å². The number of nitrogens with one attached hydrogen (secondary N) is 1. The Bertz CT molecular complexity index is 928. The van der Waals surface area contributed by atoms with Crippen molar-refractivity contribution in [3.63, 3.8) is 0 Å². The summed E-state index contributed by atoms with van der Waals surface area (Å²) in [5.74, 6) is 0.126. The summed E-state index contributed by atoms with van der Waals surface area (Å²) < 4.78 is 26.5. The molecule has 1 aromatic carbocycles. The topological polar surface area (TPSA) is 83.6 Å². The molecule has 31 heavy (non-hydrogen) atoms. The van der Waals surface area contributed by atoms with Crippen molar-refractivity contribution in [1.82, 2.24) is 5.32 Å². The fourth-order valence-corrected chi connectivity index (χ4v) is 6.48. The second kappa shape index (κ2) is 10.5. The molecule has 0 radical (unpaired) electrons. The van der Waals surface area contributed by atoms with Crippen LogP contribution in [0.15, 0.2) is 21.5 Å². The fraction of sp³-hybridized carbons (Fsp3) is 0.652. The SMILES string of the molecule is CCCCC(CC)CNC(=O)CCS(=O)(=O)c1cc2c(cc1Br)CCN2C(=O)C1CC1. The summed E-state index contributed by atoms with van der Waals surface area (Å²) in [5, 5.41) is 2.90. The molecule has 1 fully saturated rings. The number of amides is 2. The van der Waals surface area contributed by atoms with Crippen molar-refractivity contribution in [2.75, 3.05) is 23.7 Å². The molecule has 172 valence electrons. The van der Waals surface area contributed by atoms with E-state index in [2.05, 4.69) is 35.1 Å². The van der Waals surface area contributed by atoms with Crippen LogP contribution in [0.4, 0.5) is 5.69 Å². The van der Waals surface area contributed by atoms with E-state index in [4.69, 9.17) is 0 Å². The minimum absolute atomic E-state index is 0.0687. The molecule has 2 aliphatic rings. The van der Waals surface area contributed by atoms with Crippen LogP contribution in [0.3, 0.4) is 0 Å². The number of anilines is 1. The molecule has 1 unspecified atom stereocenters. The average molecular weight is 513 g/mol. The molecule has 8 heteroatoms. The van der Waals surface area contributed by atoms with Gasteiger partial charge in [-0.1, -0.05) is 33.1 Å². The van der Waals surface area contributed by atoms with Crippen LogP contribution < -0.4 is 10.2 Å². The van der Waals surface area contributed by atoms with Crippen LogP contribution in [-0.2, 0) is 25.8 Å². The lowest BCUT2D eigenvalue weighted by atomic mass is 9.99. The molecular formula is C23H33BrN2O4S. The number of carbonyl (C=O) groups excluding carboxylic acids is 2. The summed E-state index contributed by atoms with van der Waals surface area (Å²) in [6.45, 7) is 5.45. The van der Waals surface area contributed by atoms with Gasteiger partial charge < -0.3 is 10.2 Å². The summed E-state index contributed by atoms with van der Waals surface area (Å²) in [7, 11) is -3.67. The lowest BCUT2D eigenvalue weighted by Crippen LogP contribution is -2.31. The molecule has 6 nitrogen and oxygen atoms in total. The summed E-state index contributed by atoms with van der Waals surface area (Å²) in [5.41, 5.74) is 1.68. The van der Waals surface area contributed by atoms with Crippen LogP contribution >= 0.6 is 15.9 Å². The highest BCUT2D eigenvalue weighted by Gasteiger charge is 2.37. The number of halogens is 1. The van der Waals surface area contributed by atoms with Crippen molar-refractivity contribution in [2.45, 2.75) is 70.1 Å². The molecule has 0 bridgehead atoms. The lowest BCUT2D eigenvalue weighted by molar-refractivity contribution is -0.121. The molecular weight excluding hydrogens is 480 g/mol. The Hall–Kier alpha value is -1.41. The highest BCUT2D eigenvalue weighted by Crippen LogP contribution is 2.39. The normalized spacial score (nSPS) is 16.8. The van der Waals surface area contributed by atoms with Gasteiger partial charge in [-0.2, -0.15) is 0 Å². The van der Waals surface area contributed by atoms with E-state index < -0.39 is 9.84 Å². The predicted octanol–water partition coefficient (Wildman–Crippen LogP) is 4.24. The van der Waals surface area contributed by atoms with Gasteiger partial charge in [0, 0.05) is 35.6 Å². The predicted molar refractivity (Wildman–Crippen MR) is 126 cm³/mol. The maximum Gasteiger partial charge on any atom is 0.230 e. The molecule has 3 rings (SSSR count). The molecule has 1 saturated carbocycles. The molecule has 0 saturated heterocycles. The Morgan fingerprint density at radius 3 is 2.65 bits per heavy atom. The highest BCUT2D eigenvalue weighted by molar-refractivity contribution is 9.10. The molecule has 1 N–H and O–H groups in total. The Morgan fingerprint density at radius 2 is 2.00 bits per heavy atom. The number of nitrogens with zero attached hydrogens (tertiary/aromatic N) is 1. The summed E-state index contributed by atoms with van der Waals surface area (Å²) in [6, 6.07) is 3.42. The Labute approximate surface area is 194 Å². The third-order valence-corrected chi connectivity index (χ3v) is 8.95. The van der Waals surface area contributed by atoms with Crippen molar-refractivity contribution in [3.8, 4) is 0 Å². The van der Waals surface area contributed by atoms with Gasteiger partial charge in [-0.25, -0.2) is 8.42 Å². The number of sulfone groups is 1. The number of unbranched alkanes of at least 4 members (excludes halogenated alkanes) is 1. The summed E-state index contributed by atoms with van der Waals surface area (Å²) in [6.07, 6.45) is 6.82. The first kappa shape index (κ1) is 24.2. The van der Waals surface area contributed by atoms with Crippen LogP contribution in [-0.4, -0.2) is 39.1 Å². The Morgan fingerprint density at radius 1 is 1.26 bits per heavy atom. The van der Waals surface area contributed by atoms with Gasteiger partial charge in [0.25, 0.3) is 0 Å². The first-order chi connectivity index (χ1) is 14.8. The molecule has 2 amide bonds. The molecule has 1 aromatic rings. The van der Waals surface area contributed by atoms with E-state index in [1.165, 1.54) is 0 Å². The van der Waals surface area contributed by atoms with Crippen LogP contribution in [0.2, 0.25) is 0 Å². The molecule has 1 aliphatic carbocycles. The zero-order valence-electron chi connectivity index (χ0n) is 18.5. The standard InChI is InChI=1S/C23H33BrN2O4S/c1-3-5-6-16(4-2)15-25-22(27)10-12-31(29,30)21-14-20-18(13-19(21)24)9-11-26(20)23(28)17-7-8-17/h13-14,16-17H,3-12,15H2,1-2H3,(H,25,27). The number of hydrogen-bond acceptors (Lipinski definition) is 4. The third-order valence-electron chi connectivity index (χ3n) is 6.29. The van der Waals surface area contributed by atoms with Crippen molar-refractivity contribution in [1.29, 1.82) is 0 Å². The van der Waals surface area contributed by atoms with Gasteiger partial charge in [0.2, 0.25) is 11.8 Å². The highest BCUT2D eigenvalue weighted by atomic mass is 79.9. The molecule has 1 atom stereocenters. The second-order valence-corrected chi connectivity index (χ2v) is 11.6. The van der Waals surface area contributed by atoms with Crippen LogP contribution in [0, 0.1) is 11.8 Å². The van der Waals surface area contributed by atoms with Crippen molar-refractivity contribution in [3.05, 3.63) is 22.2 Å². The van der Waals surface area contributed by atoms with Gasteiger partial charge in [-0.05, 0) is 65.2 Å². The molecule has 0 aromatic heterocycles. The Balaban J connectivity index is 1.63. The first-order valence-electron chi connectivity index (χ1n) is 11.4. The number of fused-ring (bicyclic) bond motifs is 1. The largest absolute Gasteiger partial charge is 0.356 e. The quantitative estimate of drug-likeness (QED) is 0.480. The second-order valence-electron chi connectivity index (χ2n) is 8.71. The van der Waals surface area contributed by atoms with Gasteiger partial charge in [0.1, 0.15) is 0 Å². The van der Waals surface area contributed by atoms with Crippen LogP contribution in [0.25, 0.3) is 0 Å². The summed E-state index contributed by atoms with van der Waals surface area (Å²) >= 11 is 3.39. The van der Waals surface area contributed by atoms with E-state index in [0.717, 1.165) is 50.5 Å². The number of hydrogen-bond donors (Lipinski definition) is 1. The average Bonchev–Trinajstić information content (AvgIpc) is 3.51.